The highest BCUT2D eigenvalue weighted by Crippen LogP contribution is 1.99. The predicted molar refractivity (Wildman–Crippen MR) is 58.1 cm³/mol. The molecule has 3 N–H and O–H groups in total. The Morgan fingerprint density at radius 3 is 2.81 bits per heavy atom. The van der Waals surface area contributed by atoms with E-state index in [1.807, 2.05) is 30.3 Å². The van der Waals surface area contributed by atoms with Gasteiger partial charge in [-0.25, -0.2) is 4.79 Å². The summed E-state index contributed by atoms with van der Waals surface area (Å²) in [7, 11) is 0. The summed E-state index contributed by atoms with van der Waals surface area (Å²) in [5.41, 5.74) is -0.00695. The highest BCUT2D eigenvalue weighted by atomic mass is 16.3. The number of rotatable bonds is 2. The van der Waals surface area contributed by atoms with Crippen molar-refractivity contribution in [2.75, 3.05) is 0 Å². The maximum atomic E-state index is 11.7. The largest absolute Gasteiger partial charge is 0.494 e. The van der Waals surface area contributed by atoms with Gasteiger partial charge in [-0.1, -0.05) is 30.3 Å². The van der Waals surface area contributed by atoms with Crippen LogP contribution >= 0.6 is 0 Å². The third kappa shape index (κ3) is 2.03. The standard InChI is InChI=1S/C11H11N3O2/c12-9-6-10(15)13-11(16)14(9)7-8-4-2-1-3-5-8/h1-6,12,15H,7H2,(H,13,16)/i/hD. The van der Waals surface area contributed by atoms with Gasteiger partial charge in [-0.3, -0.25) is 15.0 Å². The Bertz CT molecular complexity index is 646. The number of aromatic hydroxyl groups is 1. The van der Waals surface area contributed by atoms with Crippen molar-refractivity contribution in [3.05, 3.63) is 57.9 Å². The number of aromatic amines is 1. The molecule has 1 heterocycles. The monoisotopic (exact) mass is 218 g/mol. The molecule has 0 atom stereocenters. The van der Waals surface area contributed by atoms with Crippen LogP contribution < -0.4 is 11.2 Å². The first-order valence-electron chi connectivity index (χ1n) is 5.18. The van der Waals surface area contributed by atoms with Crippen LogP contribution in [-0.4, -0.2) is 14.7 Å². The minimum Gasteiger partial charge on any atom is -0.494 e. The molecule has 5 nitrogen and oxygen atoms in total. The molecule has 0 aliphatic heterocycles. The number of nitrogens with one attached hydrogen (secondary N) is 2. The Labute approximate surface area is 92.6 Å². The quantitative estimate of drug-likeness (QED) is 0.682. The summed E-state index contributed by atoms with van der Waals surface area (Å²) in [5, 5.41) is 16.8. The van der Waals surface area contributed by atoms with Gasteiger partial charge in [0.05, 0.1) is 6.54 Å². The second kappa shape index (κ2) is 4.06. The van der Waals surface area contributed by atoms with E-state index in [4.69, 9.17) is 6.82 Å². The SMILES string of the molecule is [2H]n1c(O)cc(=N)n(Cc2ccccc2)c1=O. The lowest BCUT2D eigenvalue weighted by atomic mass is 10.2. The van der Waals surface area contributed by atoms with Crippen LogP contribution in [0, 0.1) is 5.41 Å². The molecule has 0 radical (unpaired) electrons. The Kier molecular flexibility index (Phi) is 2.27. The van der Waals surface area contributed by atoms with Crippen LogP contribution in [0.25, 0.3) is 0 Å². The zero-order valence-corrected chi connectivity index (χ0v) is 8.42. The van der Waals surface area contributed by atoms with Crippen molar-refractivity contribution in [1.29, 1.82) is 5.41 Å². The van der Waals surface area contributed by atoms with E-state index in [0.717, 1.165) is 16.2 Å². The Balaban J connectivity index is 2.51. The van der Waals surface area contributed by atoms with E-state index in [0.29, 0.717) is 4.98 Å². The van der Waals surface area contributed by atoms with Gasteiger partial charge in [0.2, 0.25) is 0 Å². The van der Waals surface area contributed by atoms with Gasteiger partial charge in [0.25, 0.3) is 0 Å². The molecular formula is C11H11N3O2. The van der Waals surface area contributed by atoms with E-state index in [1.54, 1.807) is 0 Å². The van der Waals surface area contributed by atoms with E-state index in [2.05, 4.69) is 0 Å². The van der Waals surface area contributed by atoms with Crippen molar-refractivity contribution in [1.82, 2.24) is 9.54 Å². The van der Waals surface area contributed by atoms with Crippen molar-refractivity contribution < 1.29 is 6.52 Å². The predicted octanol–water partition coefficient (Wildman–Crippen LogP) is 0.410. The maximum absolute atomic E-state index is 11.7. The molecule has 0 aliphatic carbocycles. The molecule has 0 fully saturated rings. The fourth-order valence-corrected chi connectivity index (χ4v) is 1.41. The van der Waals surface area contributed by atoms with Crippen LogP contribution in [0.4, 0.5) is 0 Å². The Morgan fingerprint density at radius 2 is 2.12 bits per heavy atom. The van der Waals surface area contributed by atoms with Gasteiger partial charge >= 0.3 is 5.69 Å². The van der Waals surface area contributed by atoms with Crippen LogP contribution in [0.2, 0.25) is 1.41 Å². The molecule has 1 aromatic heterocycles. The van der Waals surface area contributed by atoms with Gasteiger partial charge in [0.15, 0.2) is 7.29 Å². The second-order valence-corrected chi connectivity index (χ2v) is 3.35. The molecule has 0 saturated heterocycles. The molecule has 0 amide bonds. The molecule has 0 unspecified atom stereocenters. The summed E-state index contributed by atoms with van der Waals surface area (Å²) < 4.78 is 8.41. The number of H-pyrrole nitrogens is 1. The lowest BCUT2D eigenvalue weighted by Gasteiger charge is -2.05. The van der Waals surface area contributed by atoms with Gasteiger partial charge in [0, 0.05) is 6.07 Å². The molecule has 2 rings (SSSR count). The smallest absolute Gasteiger partial charge is 0.330 e. The van der Waals surface area contributed by atoms with E-state index in [9.17, 15) is 9.90 Å². The van der Waals surface area contributed by atoms with Gasteiger partial charge in [-0.2, -0.15) is 0 Å². The summed E-state index contributed by atoms with van der Waals surface area (Å²) in [4.78, 5) is 12.0. The Hall–Kier alpha value is -2.30. The van der Waals surface area contributed by atoms with Crippen molar-refractivity contribution in [3.63, 3.8) is 0 Å². The van der Waals surface area contributed by atoms with Crippen molar-refractivity contribution >= 4 is 0 Å². The van der Waals surface area contributed by atoms with Gasteiger partial charge in [-0.05, 0) is 5.56 Å². The van der Waals surface area contributed by atoms with Crippen LogP contribution in [0.5, 0.6) is 5.88 Å². The van der Waals surface area contributed by atoms with E-state index >= 15 is 0 Å². The average molecular weight is 218 g/mol. The zero-order chi connectivity index (χ0) is 12.4. The number of hydrogen-bond donors (Lipinski definition) is 3. The lowest BCUT2D eigenvalue weighted by Crippen LogP contribution is -2.34. The molecule has 0 saturated carbocycles. The molecular weight excluding hydrogens is 206 g/mol. The number of aromatic nitrogens is 2. The summed E-state index contributed by atoms with van der Waals surface area (Å²) in [6, 6.07) is 10.2. The molecule has 1 aromatic carbocycles. The summed E-state index contributed by atoms with van der Waals surface area (Å²) in [6.07, 6.45) is 0. The topological polar surface area (TPSA) is 81.9 Å². The highest BCUT2D eigenvalue weighted by molar-refractivity contribution is 5.15. The minimum atomic E-state index is -0.737. The third-order valence-corrected chi connectivity index (χ3v) is 2.18. The first-order chi connectivity index (χ1) is 8.09. The Morgan fingerprint density at radius 1 is 1.44 bits per heavy atom. The normalized spacial score (nSPS) is 11.1. The molecule has 0 bridgehead atoms. The molecule has 82 valence electrons. The van der Waals surface area contributed by atoms with E-state index in [-0.39, 0.29) is 12.0 Å². The minimum absolute atomic E-state index is 0.125. The lowest BCUT2D eigenvalue weighted by molar-refractivity contribution is 0.441. The number of hydrogen-bond acceptors (Lipinski definition) is 3. The van der Waals surface area contributed by atoms with E-state index < -0.39 is 11.6 Å². The van der Waals surface area contributed by atoms with Crippen LogP contribution in [-0.2, 0) is 6.54 Å². The molecule has 0 spiro atoms. The van der Waals surface area contributed by atoms with Crippen LogP contribution in [0.3, 0.4) is 0 Å². The van der Waals surface area contributed by atoms with Gasteiger partial charge in [0.1, 0.15) is 5.49 Å². The van der Waals surface area contributed by atoms with Crippen molar-refractivity contribution in [2.45, 2.75) is 6.54 Å². The fraction of sp³-hybridized carbons (Fsp3) is 0.0909. The van der Waals surface area contributed by atoms with Crippen LogP contribution in [0.1, 0.15) is 5.56 Å². The summed E-state index contributed by atoms with van der Waals surface area (Å²) in [6.45, 7) is 0.206. The summed E-state index contributed by atoms with van der Waals surface area (Å²) in [5.74, 6) is -0.538. The summed E-state index contributed by atoms with van der Waals surface area (Å²) >= 11 is 0. The molecule has 0 aliphatic rings. The second-order valence-electron chi connectivity index (χ2n) is 3.35. The zero-order valence-electron chi connectivity index (χ0n) is 9.42. The fourth-order valence-electron chi connectivity index (χ4n) is 1.41. The van der Waals surface area contributed by atoms with E-state index in [1.165, 1.54) is 0 Å². The van der Waals surface area contributed by atoms with Crippen molar-refractivity contribution in [3.8, 4) is 5.88 Å². The highest BCUT2D eigenvalue weighted by Gasteiger charge is 2.01. The van der Waals surface area contributed by atoms with Gasteiger partial charge < -0.3 is 5.11 Å². The number of nitrogens with zero attached hydrogens (tertiary/aromatic N) is 1. The first-order valence-corrected chi connectivity index (χ1v) is 4.73. The van der Waals surface area contributed by atoms with Gasteiger partial charge in [-0.15, -0.1) is 0 Å². The molecule has 5 heteroatoms. The van der Waals surface area contributed by atoms with Crippen molar-refractivity contribution in [2.24, 2.45) is 0 Å². The maximum Gasteiger partial charge on any atom is 0.330 e. The van der Waals surface area contributed by atoms with Crippen LogP contribution in [0.15, 0.2) is 41.2 Å². The third-order valence-electron chi connectivity index (χ3n) is 2.18. The average Bonchev–Trinajstić information content (AvgIpc) is 2.33. The molecule has 2 aromatic rings. The molecule has 16 heavy (non-hydrogen) atoms. The number of benzene rings is 1. The first kappa shape index (κ1) is 8.96.